The highest BCUT2D eigenvalue weighted by Gasteiger charge is 2.28. The third-order valence-electron chi connectivity index (χ3n) is 4.18. The quantitative estimate of drug-likeness (QED) is 0.869. The normalized spacial score (nSPS) is 21.6. The van der Waals surface area contributed by atoms with Crippen LogP contribution in [0.25, 0.3) is 0 Å². The molecular formula is C15H21N5O3S. The monoisotopic (exact) mass is 351 g/mol. The van der Waals surface area contributed by atoms with Crippen LogP contribution in [0.5, 0.6) is 5.88 Å². The Bertz CT molecular complexity index is 763. The van der Waals surface area contributed by atoms with Crippen molar-refractivity contribution >= 4 is 10.0 Å². The zero-order chi connectivity index (χ0) is 17.2. The molecule has 0 bridgehead atoms. The number of nitrogens with one attached hydrogen (secondary N) is 1. The highest BCUT2D eigenvalue weighted by atomic mass is 32.2. The highest BCUT2D eigenvalue weighted by Crippen LogP contribution is 2.23. The maximum absolute atomic E-state index is 12.4. The summed E-state index contributed by atoms with van der Waals surface area (Å²) in [4.78, 5) is 12.2. The molecule has 0 unspecified atom stereocenters. The summed E-state index contributed by atoms with van der Waals surface area (Å²) in [5.41, 5.74) is 0. The molecule has 0 aliphatic heterocycles. The van der Waals surface area contributed by atoms with Crippen LogP contribution in [0.15, 0.2) is 29.8 Å². The highest BCUT2D eigenvalue weighted by molar-refractivity contribution is 7.89. The summed E-state index contributed by atoms with van der Waals surface area (Å²) in [5, 5.41) is 0.0698. The Morgan fingerprint density at radius 3 is 2.58 bits per heavy atom. The van der Waals surface area contributed by atoms with E-state index in [1.165, 1.54) is 6.20 Å². The van der Waals surface area contributed by atoms with Gasteiger partial charge in [-0.3, -0.25) is 4.98 Å². The van der Waals surface area contributed by atoms with Crippen molar-refractivity contribution in [2.75, 3.05) is 0 Å². The van der Waals surface area contributed by atoms with Gasteiger partial charge in [-0.2, -0.15) is 0 Å². The van der Waals surface area contributed by atoms with Gasteiger partial charge in [0.1, 0.15) is 11.9 Å². The van der Waals surface area contributed by atoms with Crippen molar-refractivity contribution in [1.29, 1.82) is 0 Å². The molecule has 24 heavy (non-hydrogen) atoms. The van der Waals surface area contributed by atoms with Crippen molar-refractivity contribution in [1.82, 2.24) is 24.2 Å². The van der Waals surface area contributed by atoms with E-state index < -0.39 is 10.0 Å². The molecule has 0 amide bonds. The Kier molecular flexibility index (Phi) is 4.81. The maximum atomic E-state index is 12.4. The van der Waals surface area contributed by atoms with Gasteiger partial charge in [-0.25, -0.2) is 23.1 Å². The van der Waals surface area contributed by atoms with Crippen molar-refractivity contribution in [2.45, 2.75) is 49.8 Å². The standard InChI is InChI=1S/C15H21N5O3S/c1-11-18-15(10-20(11)2)24(21,22)19-12-3-5-13(6-4-12)23-14-9-16-7-8-17-14/h7-10,12-13,19H,3-6H2,1-2H3. The van der Waals surface area contributed by atoms with Crippen LogP contribution in [-0.4, -0.2) is 40.1 Å². The van der Waals surface area contributed by atoms with Crippen molar-refractivity contribution in [3.8, 4) is 5.88 Å². The minimum Gasteiger partial charge on any atom is -0.473 e. The van der Waals surface area contributed by atoms with Crippen LogP contribution in [-0.2, 0) is 17.1 Å². The molecule has 1 aliphatic rings. The van der Waals surface area contributed by atoms with Gasteiger partial charge in [0.15, 0.2) is 5.03 Å². The first-order valence-corrected chi connectivity index (χ1v) is 9.37. The minimum absolute atomic E-state index is 0.0412. The van der Waals surface area contributed by atoms with E-state index in [0.29, 0.717) is 11.7 Å². The molecule has 1 saturated carbocycles. The van der Waals surface area contributed by atoms with Gasteiger partial charge in [0.25, 0.3) is 10.0 Å². The summed E-state index contributed by atoms with van der Waals surface area (Å²) in [5.74, 6) is 1.17. The Hall–Kier alpha value is -2.00. The molecule has 0 radical (unpaired) electrons. The summed E-state index contributed by atoms with van der Waals surface area (Å²) >= 11 is 0. The average molecular weight is 351 g/mol. The Morgan fingerprint density at radius 1 is 1.25 bits per heavy atom. The first-order valence-electron chi connectivity index (χ1n) is 7.89. The Balaban J connectivity index is 1.55. The number of nitrogens with zero attached hydrogens (tertiary/aromatic N) is 4. The van der Waals surface area contributed by atoms with Crippen molar-refractivity contribution in [2.24, 2.45) is 7.05 Å². The van der Waals surface area contributed by atoms with E-state index in [1.54, 1.807) is 37.1 Å². The van der Waals surface area contributed by atoms with Gasteiger partial charge in [-0.05, 0) is 32.6 Å². The van der Waals surface area contributed by atoms with Gasteiger partial charge < -0.3 is 9.30 Å². The molecule has 2 heterocycles. The average Bonchev–Trinajstić information content (AvgIpc) is 2.90. The molecular weight excluding hydrogens is 330 g/mol. The topological polar surface area (TPSA) is 99.0 Å². The number of imidazole rings is 1. The maximum Gasteiger partial charge on any atom is 0.259 e. The van der Waals surface area contributed by atoms with Gasteiger partial charge >= 0.3 is 0 Å². The molecule has 0 aromatic carbocycles. The number of aromatic nitrogens is 4. The van der Waals surface area contributed by atoms with E-state index in [0.717, 1.165) is 25.7 Å². The molecule has 2 aromatic heterocycles. The molecule has 3 rings (SSSR count). The zero-order valence-electron chi connectivity index (χ0n) is 13.7. The predicted molar refractivity (Wildman–Crippen MR) is 87.0 cm³/mol. The molecule has 9 heteroatoms. The lowest BCUT2D eigenvalue weighted by Gasteiger charge is -2.28. The van der Waals surface area contributed by atoms with Crippen LogP contribution in [0.1, 0.15) is 31.5 Å². The van der Waals surface area contributed by atoms with E-state index in [-0.39, 0.29) is 17.2 Å². The fraction of sp³-hybridized carbons (Fsp3) is 0.533. The molecule has 130 valence electrons. The molecule has 1 aliphatic carbocycles. The van der Waals surface area contributed by atoms with E-state index >= 15 is 0 Å². The number of aryl methyl sites for hydroxylation is 2. The Labute approximate surface area is 141 Å². The third-order valence-corrected chi connectivity index (χ3v) is 5.58. The second-order valence-corrected chi connectivity index (χ2v) is 7.65. The number of ether oxygens (including phenoxy) is 1. The number of sulfonamides is 1. The third kappa shape index (κ3) is 3.90. The van der Waals surface area contributed by atoms with Crippen molar-refractivity contribution < 1.29 is 13.2 Å². The van der Waals surface area contributed by atoms with Gasteiger partial charge in [-0.15, -0.1) is 0 Å². The summed E-state index contributed by atoms with van der Waals surface area (Å²) in [6.07, 6.45) is 9.31. The van der Waals surface area contributed by atoms with Crippen LogP contribution in [0.4, 0.5) is 0 Å². The lowest BCUT2D eigenvalue weighted by molar-refractivity contribution is 0.138. The zero-order valence-corrected chi connectivity index (χ0v) is 14.5. The van der Waals surface area contributed by atoms with Crippen molar-refractivity contribution in [3.63, 3.8) is 0 Å². The molecule has 0 atom stereocenters. The van der Waals surface area contributed by atoms with E-state index in [9.17, 15) is 8.42 Å². The van der Waals surface area contributed by atoms with Crippen LogP contribution in [0.2, 0.25) is 0 Å². The molecule has 0 saturated heterocycles. The fourth-order valence-electron chi connectivity index (χ4n) is 2.75. The summed E-state index contributed by atoms with van der Waals surface area (Å²) in [6, 6.07) is -0.0981. The lowest BCUT2D eigenvalue weighted by atomic mass is 9.94. The van der Waals surface area contributed by atoms with Gasteiger partial charge in [0.05, 0.1) is 6.20 Å². The van der Waals surface area contributed by atoms with Gasteiger partial charge in [0, 0.05) is 31.7 Å². The molecule has 1 fully saturated rings. The van der Waals surface area contributed by atoms with E-state index in [2.05, 4.69) is 19.7 Å². The second-order valence-electron chi connectivity index (χ2n) is 5.99. The largest absolute Gasteiger partial charge is 0.473 e. The van der Waals surface area contributed by atoms with Crippen LogP contribution in [0.3, 0.4) is 0 Å². The summed E-state index contributed by atoms with van der Waals surface area (Å²) < 4.78 is 35.0. The number of rotatable bonds is 5. The molecule has 0 spiro atoms. The van der Waals surface area contributed by atoms with Crippen LogP contribution < -0.4 is 9.46 Å². The number of hydrogen-bond acceptors (Lipinski definition) is 6. The predicted octanol–water partition coefficient (Wildman–Crippen LogP) is 1.19. The van der Waals surface area contributed by atoms with Gasteiger partial charge in [-0.1, -0.05) is 0 Å². The minimum atomic E-state index is -3.58. The SMILES string of the molecule is Cc1nc(S(=O)(=O)NC2CCC(Oc3cnccn3)CC2)cn1C. The smallest absolute Gasteiger partial charge is 0.259 e. The van der Waals surface area contributed by atoms with Gasteiger partial charge in [0.2, 0.25) is 5.88 Å². The first-order chi connectivity index (χ1) is 11.4. The van der Waals surface area contributed by atoms with E-state index in [1.807, 2.05) is 0 Å². The molecule has 1 N–H and O–H groups in total. The molecule has 2 aromatic rings. The first kappa shape index (κ1) is 16.8. The van der Waals surface area contributed by atoms with Crippen LogP contribution >= 0.6 is 0 Å². The Morgan fingerprint density at radius 2 is 2.00 bits per heavy atom. The van der Waals surface area contributed by atoms with E-state index in [4.69, 9.17) is 4.74 Å². The fourth-order valence-corrected chi connectivity index (χ4v) is 4.10. The molecule has 8 nitrogen and oxygen atoms in total. The van der Waals surface area contributed by atoms with Crippen molar-refractivity contribution in [3.05, 3.63) is 30.6 Å². The number of hydrogen-bond donors (Lipinski definition) is 1. The lowest BCUT2D eigenvalue weighted by Crippen LogP contribution is -2.39. The van der Waals surface area contributed by atoms with Crippen LogP contribution in [0, 0.1) is 6.92 Å². The second kappa shape index (κ2) is 6.86. The summed E-state index contributed by atoms with van der Waals surface area (Å²) in [7, 11) is -1.81. The summed E-state index contributed by atoms with van der Waals surface area (Å²) in [6.45, 7) is 1.77.